The summed E-state index contributed by atoms with van der Waals surface area (Å²) in [6, 6.07) is 17.3. The van der Waals surface area contributed by atoms with Gasteiger partial charge in [-0.2, -0.15) is 4.31 Å². The normalized spacial score (nSPS) is 15.4. The molecule has 6 nitrogen and oxygen atoms in total. The van der Waals surface area contributed by atoms with Crippen LogP contribution in [0.1, 0.15) is 5.56 Å². The molecule has 0 spiro atoms. The molecule has 1 aliphatic rings. The largest absolute Gasteiger partial charge is 0.352 e. The molecule has 0 saturated carbocycles. The summed E-state index contributed by atoms with van der Waals surface area (Å²) in [5.74, 6) is -0.0312. The van der Waals surface area contributed by atoms with Crippen LogP contribution in [0.15, 0.2) is 65.6 Å². The highest BCUT2D eigenvalue weighted by Gasteiger charge is 2.30. The fourth-order valence-electron chi connectivity index (χ4n) is 3.32. The van der Waals surface area contributed by atoms with E-state index in [1.54, 1.807) is 0 Å². The van der Waals surface area contributed by atoms with E-state index in [4.69, 9.17) is 0 Å². The van der Waals surface area contributed by atoms with Gasteiger partial charge in [-0.25, -0.2) is 12.8 Å². The first-order valence-electron chi connectivity index (χ1n) is 9.35. The van der Waals surface area contributed by atoms with Gasteiger partial charge in [-0.1, -0.05) is 42.0 Å². The minimum atomic E-state index is -3.85. The Bertz CT molecular complexity index is 1090. The molecule has 1 fully saturated rings. The molecule has 4 rings (SSSR count). The van der Waals surface area contributed by atoms with Crippen LogP contribution in [0.25, 0.3) is 11.3 Å². The monoisotopic (exact) mass is 412 g/mol. The number of hydrogen-bond donors (Lipinski definition) is 0. The van der Waals surface area contributed by atoms with Gasteiger partial charge in [0.15, 0.2) is 5.82 Å². The van der Waals surface area contributed by atoms with Gasteiger partial charge in [0.2, 0.25) is 10.0 Å². The first-order chi connectivity index (χ1) is 13.9. The van der Waals surface area contributed by atoms with Crippen LogP contribution in [-0.4, -0.2) is 49.1 Å². The summed E-state index contributed by atoms with van der Waals surface area (Å²) in [5, 5.41) is 8.62. The Morgan fingerprint density at radius 2 is 1.55 bits per heavy atom. The maximum Gasteiger partial charge on any atom is 0.246 e. The molecule has 0 N–H and O–H groups in total. The van der Waals surface area contributed by atoms with E-state index in [9.17, 15) is 12.8 Å². The van der Waals surface area contributed by atoms with E-state index in [0.29, 0.717) is 18.9 Å². The van der Waals surface area contributed by atoms with Crippen LogP contribution in [0.3, 0.4) is 0 Å². The predicted octanol–water partition coefficient (Wildman–Crippen LogP) is 3.10. The topological polar surface area (TPSA) is 66.4 Å². The molecule has 0 radical (unpaired) electrons. The molecule has 1 saturated heterocycles. The summed E-state index contributed by atoms with van der Waals surface area (Å²) < 4.78 is 40.7. The van der Waals surface area contributed by atoms with Gasteiger partial charge >= 0.3 is 0 Å². The van der Waals surface area contributed by atoms with Crippen molar-refractivity contribution in [1.29, 1.82) is 0 Å². The second-order valence-electron chi connectivity index (χ2n) is 6.96. The summed E-state index contributed by atoms with van der Waals surface area (Å²) in [6.07, 6.45) is 0. The molecule has 0 unspecified atom stereocenters. The van der Waals surface area contributed by atoms with Gasteiger partial charge in [0, 0.05) is 31.7 Å². The fraction of sp³-hybridized carbons (Fsp3) is 0.238. The SMILES string of the molecule is Cc1ccc(-c2ccc(N3CCN(S(=O)(=O)c4ccccc4F)CC3)nn2)cc1. The van der Waals surface area contributed by atoms with E-state index in [0.717, 1.165) is 17.3 Å². The first-order valence-corrected chi connectivity index (χ1v) is 10.8. The molecule has 1 aliphatic heterocycles. The van der Waals surface area contributed by atoms with Gasteiger partial charge in [0.05, 0.1) is 5.69 Å². The van der Waals surface area contributed by atoms with Gasteiger partial charge in [-0.05, 0) is 31.2 Å². The number of piperazine rings is 1. The van der Waals surface area contributed by atoms with Crippen LogP contribution < -0.4 is 4.90 Å². The molecule has 0 amide bonds. The molecule has 3 aromatic rings. The van der Waals surface area contributed by atoms with Gasteiger partial charge in [-0.15, -0.1) is 10.2 Å². The highest BCUT2D eigenvalue weighted by Crippen LogP contribution is 2.23. The highest BCUT2D eigenvalue weighted by molar-refractivity contribution is 7.89. The average Bonchev–Trinajstić information content (AvgIpc) is 2.75. The minimum absolute atomic E-state index is 0.262. The Morgan fingerprint density at radius 1 is 0.862 bits per heavy atom. The van der Waals surface area contributed by atoms with Crippen molar-refractivity contribution in [2.45, 2.75) is 11.8 Å². The molecular weight excluding hydrogens is 391 g/mol. The van der Waals surface area contributed by atoms with Crippen LogP contribution in [0.2, 0.25) is 0 Å². The average molecular weight is 412 g/mol. The van der Waals surface area contributed by atoms with Crippen molar-refractivity contribution in [3.63, 3.8) is 0 Å². The predicted molar refractivity (Wildman–Crippen MR) is 110 cm³/mol. The Labute approximate surface area is 169 Å². The lowest BCUT2D eigenvalue weighted by atomic mass is 10.1. The van der Waals surface area contributed by atoms with Crippen LogP contribution in [0.5, 0.6) is 0 Å². The number of sulfonamides is 1. The van der Waals surface area contributed by atoms with Gasteiger partial charge in [-0.3, -0.25) is 0 Å². The fourth-order valence-corrected chi connectivity index (χ4v) is 4.81. The third-order valence-corrected chi connectivity index (χ3v) is 6.95. The Balaban J connectivity index is 1.44. The zero-order valence-electron chi connectivity index (χ0n) is 16.0. The number of halogens is 1. The van der Waals surface area contributed by atoms with E-state index in [1.165, 1.54) is 28.1 Å². The molecule has 8 heteroatoms. The third-order valence-electron chi connectivity index (χ3n) is 5.01. The molecule has 1 aromatic heterocycles. The lowest BCUT2D eigenvalue weighted by Gasteiger charge is -2.34. The second-order valence-corrected chi connectivity index (χ2v) is 8.87. The van der Waals surface area contributed by atoms with Crippen LogP contribution >= 0.6 is 0 Å². The van der Waals surface area contributed by atoms with E-state index in [2.05, 4.69) is 10.2 Å². The number of anilines is 1. The highest BCUT2D eigenvalue weighted by atomic mass is 32.2. The molecular formula is C21H21FN4O2S. The zero-order chi connectivity index (χ0) is 20.4. The molecule has 150 valence electrons. The quantitative estimate of drug-likeness (QED) is 0.659. The lowest BCUT2D eigenvalue weighted by molar-refractivity contribution is 0.381. The summed E-state index contributed by atoms with van der Waals surface area (Å²) in [5.41, 5.74) is 2.96. The van der Waals surface area contributed by atoms with Crippen molar-refractivity contribution < 1.29 is 12.8 Å². The number of benzene rings is 2. The van der Waals surface area contributed by atoms with E-state index < -0.39 is 15.8 Å². The smallest absolute Gasteiger partial charge is 0.246 e. The summed E-state index contributed by atoms with van der Waals surface area (Å²) >= 11 is 0. The van der Waals surface area contributed by atoms with Crippen LogP contribution in [0, 0.1) is 12.7 Å². The molecule has 0 bridgehead atoms. The third kappa shape index (κ3) is 3.99. The standard InChI is InChI=1S/C21H21FN4O2S/c1-16-6-8-17(9-7-16)19-10-11-21(24-23-19)25-12-14-26(15-13-25)29(27,28)20-5-3-2-4-18(20)22/h2-11H,12-15H2,1H3. The molecule has 2 heterocycles. The first kappa shape index (κ1) is 19.5. The second kappa shape index (κ2) is 7.88. The van der Waals surface area contributed by atoms with Crippen LogP contribution in [0.4, 0.5) is 10.2 Å². The van der Waals surface area contributed by atoms with Crippen molar-refractivity contribution in [1.82, 2.24) is 14.5 Å². The Kier molecular flexibility index (Phi) is 5.29. The molecule has 29 heavy (non-hydrogen) atoms. The molecule has 0 atom stereocenters. The number of rotatable bonds is 4. The van der Waals surface area contributed by atoms with Crippen molar-refractivity contribution in [2.24, 2.45) is 0 Å². The van der Waals surface area contributed by atoms with Gasteiger partial charge in [0.25, 0.3) is 0 Å². The van der Waals surface area contributed by atoms with E-state index >= 15 is 0 Å². The number of aromatic nitrogens is 2. The number of nitrogens with zero attached hydrogens (tertiary/aromatic N) is 4. The van der Waals surface area contributed by atoms with E-state index in [-0.39, 0.29) is 18.0 Å². The number of aryl methyl sites for hydroxylation is 1. The minimum Gasteiger partial charge on any atom is -0.352 e. The van der Waals surface area contributed by atoms with Crippen LogP contribution in [-0.2, 0) is 10.0 Å². The molecule has 0 aliphatic carbocycles. The van der Waals surface area contributed by atoms with Gasteiger partial charge < -0.3 is 4.90 Å². The summed E-state index contributed by atoms with van der Waals surface area (Å²) in [7, 11) is -3.85. The summed E-state index contributed by atoms with van der Waals surface area (Å²) in [6.45, 7) is 3.49. The maximum atomic E-state index is 13.9. The van der Waals surface area contributed by atoms with Crippen molar-refractivity contribution in [2.75, 3.05) is 31.1 Å². The van der Waals surface area contributed by atoms with Crippen molar-refractivity contribution >= 4 is 15.8 Å². The summed E-state index contributed by atoms with van der Waals surface area (Å²) in [4.78, 5) is 1.70. The van der Waals surface area contributed by atoms with Gasteiger partial charge in [0.1, 0.15) is 10.7 Å². The number of hydrogen-bond acceptors (Lipinski definition) is 5. The zero-order valence-corrected chi connectivity index (χ0v) is 16.8. The Morgan fingerprint density at radius 3 is 2.17 bits per heavy atom. The Hall–Kier alpha value is -2.84. The molecule has 2 aromatic carbocycles. The maximum absolute atomic E-state index is 13.9. The van der Waals surface area contributed by atoms with E-state index in [1.807, 2.05) is 48.2 Å². The van der Waals surface area contributed by atoms with Crippen molar-refractivity contribution in [3.05, 3.63) is 72.0 Å². The lowest BCUT2D eigenvalue weighted by Crippen LogP contribution is -2.49. The van der Waals surface area contributed by atoms with Crippen molar-refractivity contribution in [3.8, 4) is 11.3 Å².